The third-order valence-corrected chi connectivity index (χ3v) is 4.75. The van der Waals surface area contributed by atoms with Gasteiger partial charge >= 0.3 is 0 Å². The maximum atomic E-state index is 10.6. The Morgan fingerprint density at radius 1 is 1.21 bits per heavy atom. The lowest BCUT2D eigenvalue weighted by atomic mass is 10.0. The van der Waals surface area contributed by atoms with Crippen LogP contribution in [0, 0.1) is 5.92 Å². The standard InChI is InChI=1S/C18H19Cl2NO3/c1-23-17-5-4-12(6-18(17)24-10-11-2-3-11)16(22)7-13-14(19)8-21-9-15(13)20/h4-6,8-9,11,16,22H,2-3,7,10H2,1H3. The fourth-order valence-electron chi connectivity index (χ4n) is 2.45. The summed E-state index contributed by atoms with van der Waals surface area (Å²) in [4.78, 5) is 3.93. The highest BCUT2D eigenvalue weighted by Gasteiger charge is 2.23. The van der Waals surface area contributed by atoms with Crippen molar-refractivity contribution in [1.29, 1.82) is 0 Å². The van der Waals surface area contributed by atoms with Gasteiger partial charge in [-0.05, 0) is 42.0 Å². The van der Waals surface area contributed by atoms with Crippen LogP contribution in [0.3, 0.4) is 0 Å². The Morgan fingerprint density at radius 2 is 1.92 bits per heavy atom. The molecule has 0 aliphatic heterocycles. The van der Waals surface area contributed by atoms with Crippen molar-refractivity contribution in [3.8, 4) is 11.5 Å². The molecule has 0 radical (unpaired) electrons. The van der Waals surface area contributed by atoms with Crippen LogP contribution < -0.4 is 9.47 Å². The molecule has 4 nitrogen and oxygen atoms in total. The second-order valence-electron chi connectivity index (χ2n) is 5.97. The highest BCUT2D eigenvalue weighted by Crippen LogP contribution is 2.35. The first-order valence-electron chi connectivity index (χ1n) is 7.85. The van der Waals surface area contributed by atoms with E-state index in [0.717, 1.165) is 5.56 Å². The number of hydrogen-bond donors (Lipinski definition) is 1. The van der Waals surface area contributed by atoms with Gasteiger partial charge in [0, 0.05) is 18.8 Å². The van der Waals surface area contributed by atoms with Gasteiger partial charge in [0.05, 0.1) is 29.9 Å². The van der Waals surface area contributed by atoms with Crippen molar-refractivity contribution in [2.45, 2.75) is 25.4 Å². The van der Waals surface area contributed by atoms with E-state index in [0.29, 0.717) is 46.1 Å². The molecule has 1 aromatic carbocycles. The SMILES string of the molecule is COc1ccc(C(O)Cc2c(Cl)cncc2Cl)cc1OCC1CC1. The Bertz CT molecular complexity index is 699. The molecule has 1 aromatic heterocycles. The van der Waals surface area contributed by atoms with Crippen molar-refractivity contribution in [2.75, 3.05) is 13.7 Å². The van der Waals surface area contributed by atoms with Crippen molar-refractivity contribution in [3.63, 3.8) is 0 Å². The van der Waals surface area contributed by atoms with E-state index in [1.54, 1.807) is 13.2 Å². The van der Waals surface area contributed by atoms with Crippen molar-refractivity contribution in [2.24, 2.45) is 5.92 Å². The van der Waals surface area contributed by atoms with E-state index in [1.165, 1.54) is 25.2 Å². The lowest BCUT2D eigenvalue weighted by Crippen LogP contribution is -2.06. The van der Waals surface area contributed by atoms with Gasteiger partial charge < -0.3 is 14.6 Å². The lowest BCUT2D eigenvalue weighted by Gasteiger charge is -2.16. The number of pyridine rings is 1. The van der Waals surface area contributed by atoms with Gasteiger partial charge in [-0.25, -0.2) is 0 Å². The zero-order chi connectivity index (χ0) is 17.1. The molecule has 1 aliphatic rings. The largest absolute Gasteiger partial charge is 0.493 e. The van der Waals surface area contributed by atoms with Crippen molar-refractivity contribution in [1.82, 2.24) is 4.98 Å². The average Bonchev–Trinajstić information content (AvgIpc) is 3.40. The molecule has 128 valence electrons. The number of rotatable bonds is 7. The van der Waals surface area contributed by atoms with Crippen molar-refractivity contribution >= 4 is 23.2 Å². The molecule has 0 spiro atoms. The van der Waals surface area contributed by atoms with Gasteiger partial charge in [0.15, 0.2) is 11.5 Å². The summed E-state index contributed by atoms with van der Waals surface area (Å²) in [6.07, 6.45) is 5.01. The number of benzene rings is 1. The molecule has 1 N–H and O–H groups in total. The van der Waals surface area contributed by atoms with Crippen LogP contribution in [0.15, 0.2) is 30.6 Å². The van der Waals surface area contributed by atoms with Crippen LogP contribution >= 0.6 is 23.2 Å². The normalized spacial score (nSPS) is 15.2. The molecule has 24 heavy (non-hydrogen) atoms. The predicted octanol–water partition coefficient (Wildman–Crippen LogP) is 4.46. The maximum absolute atomic E-state index is 10.6. The number of hydrogen-bond acceptors (Lipinski definition) is 4. The van der Waals surface area contributed by atoms with Crippen LogP contribution in [0.25, 0.3) is 0 Å². The van der Waals surface area contributed by atoms with E-state index in [1.807, 2.05) is 12.1 Å². The van der Waals surface area contributed by atoms with E-state index in [4.69, 9.17) is 32.7 Å². The Labute approximate surface area is 151 Å². The summed E-state index contributed by atoms with van der Waals surface area (Å²) in [7, 11) is 1.60. The molecule has 1 aliphatic carbocycles. The minimum Gasteiger partial charge on any atom is -0.493 e. The third-order valence-electron chi connectivity index (χ3n) is 4.09. The topological polar surface area (TPSA) is 51.6 Å². The molecular weight excluding hydrogens is 349 g/mol. The lowest BCUT2D eigenvalue weighted by molar-refractivity contribution is 0.177. The molecule has 2 aromatic rings. The van der Waals surface area contributed by atoms with Gasteiger partial charge in [0.2, 0.25) is 0 Å². The Morgan fingerprint density at radius 3 is 2.54 bits per heavy atom. The predicted molar refractivity (Wildman–Crippen MR) is 94.1 cm³/mol. The fraction of sp³-hybridized carbons (Fsp3) is 0.389. The van der Waals surface area contributed by atoms with Crippen molar-refractivity contribution in [3.05, 3.63) is 51.8 Å². The van der Waals surface area contributed by atoms with Crippen LogP contribution in [0.5, 0.6) is 11.5 Å². The summed E-state index contributed by atoms with van der Waals surface area (Å²) >= 11 is 12.3. The van der Waals surface area contributed by atoms with Crippen LogP contribution in [-0.4, -0.2) is 23.8 Å². The fourth-order valence-corrected chi connectivity index (χ4v) is 2.97. The molecule has 1 unspecified atom stereocenters. The zero-order valence-corrected chi connectivity index (χ0v) is 14.8. The van der Waals surface area contributed by atoms with E-state index in [2.05, 4.69) is 4.98 Å². The summed E-state index contributed by atoms with van der Waals surface area (Å²) in [5.41, 5.74) is 1.41. The summed E-state index contributed by atoms with van der Waals surface area (Å²) < 4.78 is 11.2. The molecule has 0 saturated heterocycles. The van der Waals surface area contributed by atoms with Gasteiger partial charge in [-0.1, -0.05) is 29.3 Å². The second kappa shape index (κ2) is 7.60. The van der Waals surface area contributed by atoms with E-state index in [-0.39, 0.29) is 0 Å². The highest BCUT2D eigenvalue weighted by molar-refractivity contribution is 6.35. The molecule has 1 heterocycles. The monoisotopic (exact) mass is 367 g/mol. The summed E-state index contributed by atoms with van der Waals surface area (Å²) in [5.74, 6) is 1.94. The number of aliphatic hydroxyl groups is 1. The molecule has 6 heteroatoms. The minimum absolute atomic E-state index is 0.300. The van der Waals surface area contributed by atoms with Gasteiger partial charge in [-0.15, -0.1) is 0 Å². The Balaban J connectivity index is 1.78. The number of aliphatic hydroxyl groups excluding tert-OH is 1. The first kappa shape index (κ1) is 17.3. The third kappa shape index (κ3) is 4.12. The first-order chi connectivity index (χ1) is 11.6. The number of nitrogens with zero attached hydrogens (tertiary/aromatic N) is 1. The van der Waals surface area contributed by atoms with Crippen LogP contribution in [0.2, 0.25) is 10.0 Å². The van der Waals surface area contributed by atoms with Crippen LogP contribution in [0.4, 0.5) is 0 Å². The maximum Gasteiger partial charge on any atom is 0.161 e. The highest BCUT2D eigenvalue weighted by atomic mass is 35.5. The summed E-state index contributed by atoms with van der Waals surface area (Å²) in [6.45, 7) is 0.678. The summed E-state index contributed by atoms with van der Waals surface area (Å²) in [5, 5.41) is 11.5. The molecule has 3 rings (SSSR count). The average molecular weight is 368 g/mol. The van der Waals surface area contributed by atoms with Crippen LogP contribution in [-0.2, 0) is 6.42 Å². The Kier molecular flexibility index (Phi) is 5.49. The van der Waals surface area contributed by atoms with Crippen LogP contribution in [0.1, 0.15) is 30.1 Å². The molecular formula is C18H19Cl2NO3. The van der Waals surface area contributed by atoms with Gasteiger partial charge in [0.1, 0.15) is 0 Å². The molecule has 1 atom stereocenters. The molecule has 0 amide bonds. The molecule has 0 bridgehead atoms. The van der Waals surface area contributed by atoms with Crippen molar-refractivity contribution < 1.29 is 14.6 Å². The van der Waals surface area contributed by atoms with Gasteiger partial charge in [-0.3, -0.25) is 4.98 Å². The van der Waals surface area contributed by atoms with Gasteiger partial charge in [0.25, 0.3) is 0 Å². The number of halogens is 2. The quantitative estimate of drug-likeness (QED) is 0.784. The smallest absolute Gasteiger partial charge is 0.161 e. The van der Waals surface area contributed by atoms with E-state index >= 15 is 0 Å². The zero-order valence-electron chi connectivity index (χ0n) is 13.3. The minimum atomic E-state index is -0.753. The van der Waals surface area contributed by atoms with Gasteiger partial charge in [-0.2, -0.15) is 0 Å². The number of aromatic nitrogens is 1. The number of methoxy groups -OCH3 is 1. The summed E-state index contributed by atoms with van der Waals surface area (Å²) in [6, 6.07) is 5.43. The second-order valence-corrected chi connectivity index (χ2v) is 6.78. The number of ether oxygens (including phenoxy) is 2. The molecule has 1 fully saturated rings. The van der Waals surface area contributed by atoms with E-state index in [9.17, 15) is 5.11 Å². The molecule has 1 saturated carbocycles. The first-order valence-corrected chi connectivity index (χ1v) is 8.60. The van der Waals surface area contributed by atoms with E-state index < -0.39 is 6.10 Å². The Hall–Kier alpha value is -1.49.